The van der Waals surface area contributed by atoms with Gasteiger partial charge in [-0.2, -0.15) is 0 Å². The molecule has 0 amide bonds. The van der Waals surface area contributed by atoms with Crippen molar-refractivity contribution < 1.29 is 14.3 Å². The highest BCUT2D eigenvalue weighted by atomic mass is 16.7. The summed E-state index contributed by atoms with van der Waals surface area (Å²) in [5.41, 5.74) is 0. The molecule has 0 radical (unpaired) electrons. The SMILES string of the molecule is O=CC1CCCC(C#CCOC2CCCCO2)C1. The van der Waals surface area contributed by atoms with Gasteiger partial charge < -0.3 is 14.3 Å². The lowest BCUT2D eigenvalue weighted by atomic mass is 9.82. The summed E-state index contributed by atoms with van der Waals surface area (Å²) in [5, 5.41) is 0. The van der Waals surface area contributed by atoms with Crippen LogP contribution in [0.4, 0.5) is 0 Å². The molecular formula is C15H22O3. The van der Waals surface area contributed by atoms with Gasteiger partial charge in [-0.3, -0.25) is 0 Å². The van der Waals surface area contributed by atoms with Crippen LogP contribution in [0.25, 0.3) is 0 Å². The molecule has 2 fully saturated rings. The Morgan fingerprint density at radius 2 is 2.17 bits per heavy atom. The zero-order chi connectivity index (χ0) is 12.6. The van der Waals surface area contributed by atoms with Gasteiger partial charge in [-0.25, -0.2) is 0 Å². The van der Waals surface area contributed by atoms with E-state index in [1.165, 1.54) is 6.42 Å². The Bertz CT molecular complexity index is 309. The Morgan fingerprint density at radius 1 is 1.22 bits per heavy atom. The second kappa shape index (κ2) is 7.56. The lowest BCUT2D eigenvalue weighted by molar-refractivity contribution is -0.154. The standard InChI is InChI=1S/C15H22O3/c16-12-14-6-3-5-13(11-14)7-4-10-18-15-8-1-2-9-17-15/h12-15H,1-3,5-6,8-11H2. The van der Waals surface area contributed by atoms with Crippen LogP contribution in [0.5, 0.6) is 0 Å². The number of carbonyl (C=O) groups excluding carboxylic acids is 1. The fraction of sp³-hybridized carbons (Fsp3) is 0.800. The number of ether oxygens (including phenoxy) is 2. The van der Waals surface area contributed by atoms with Crippen LogP contribution in [0.2, 0.25) is 0 Å². The zero-order valence-electron chi connectivity index (χ0n) is 10.9. The van der Waals surface area contributed by atoms with Gasteiger partial charge >= 0.3 is 0 Å². The number of aldehydes is 1. The molecule has 3 atom stereocenters. The monoisotopic (exact) mass is 250 g/mol. The van der Waals surface area contributed by atoms with Gasteiger partial charge in [0, 0.05) is 18.4 Å². The average Bonchev–Trinajstić information content (AvgIpc) is 2.45. The molecule has 2 aliphatic rings. The molecule has 0 spiro atoms. The smallest absolute Gasteiger partial charge is 0.158 e. The molecule has 2 rings (SSSR count). The first-order chi connectivity index (χ1) is 8.88. The largest absolute Gasteiger partial charge is 0.353 e. The molecule has 0 N–H and O–H groups in total. The summed E-state index contributed by atoms with van der Waals surface area (Å²) < 4.78 is 11.0. The quantitative estimate of drug-likeness (QED) is 0.570. The highest BCUT2D eigenvalue weighted by Crippen LogP contribution is 2.27. The predicted octanol–water partition coefficient (Wildman–Crippen LogP) is 2.54. The van der Waals surface area contributed by atoms with Crippen LogP contribution in [0.1, 0.15) is 44.9 Å². The third kappa shape index (κ3) is 4.44. The van der Waals surface area contributed by atoms with E-state index in [0.29, 0.717) is 12.5 Å². The Balaban J connectivity index is 1.66. The molecule has 1 saturated carbocycles. The molecule has 0 aromatic rings. The van der Waals surface area contributed by atoms with Gasteiger partial charge in [0.1, 0.15) is 12.9 Å². The lowest BCUT2D eigenvalue weighted by Gasteiger charge is -2.22. The van der Waals surface area contributed by atoms with Gasteiger partial charge in [-0.05, 0) is 38.5 Å². The minimum Gasteiger partial charge on any atom is -0.353 e. The molecule has 100 valence electrons. The maximum absolute atomic E-state index is 10.8. The van der Waals surface area contributed by atoms with E-state index in [4.69, 9.17) is 9.47 Å². The minimum atomic E-state index is -0.0536. The van der Waals surface area contributed by atoms with Crippen molar-refractivity contribution in [1.29, 1.82) is 0 Å². The van der Waals surface area contributed by atoms with E-state index in [9.17, 15) is 4.79 Å². The van der Waals surface area contributed by atoms with E-state index in [1.807, 2.05) is 0 Å². The Morgan fingerprint density at radius 3 is 2.94 bits per heavy atom. The van der Waals surface area contributed by atoms with Gasteiger partial charge in [-0.1, -0.05) is 18.3 Å². The fourth-order valence-corrected chi connectivity index (χ4v) is 2.65. The van der Waals surface area contributed by atoms with Crippen LogP contribution in [0.3, 0.4) is 0 Å². The third-order valence-electron chi connectivity index (χ3n) is 3.69. The zero-order valence-corrected chi connectivity index (χ0v) is 10.9. The van der Waals surface area contributed by atoms with Gasteiger partial charge in [0.2, 0.25) is 0 Å². The summed E-state index contributed by atoms with van der Waals surface area (Å²) in [6.07, 6.45) is 8.54. The molecule has 18 heavy (non-hydrogen) atoms. The number of rotatable bonds is 3. The maximum atomic E-state index is 10.8. The van der Waals surface area contributed by atoms with Gasteiger partial charge in [0.25, 0.3) is 0 Å². The van der Waals surface area contributed by atoms with E-state index in [-0.39, 0.29) is 12.2 Å². The molecule has 0 aromatic carbocycles. The molecule has 1 heterocycles. The van der Waals surface area contributed by atoms with Crippen molar-refractivity contribution in [2.75, 3.05) is 13.2 Å². The fourth-order valence-electron chi connectivity index (χ4n) is 2.65. The summed E-state index contributed by atoms with van der Waals surface area (Å²) in [7, 11) is 0. The van der Waals surface area contributed by atoms with Gasteiger partial charge in [-0.15, -0.1) is 0 Å². The molecule has 0 aromatic heterocycles. The summed E-state index contributed by atoms with van der Waals surface area (Å²) in [6.45, 7) is 1.26. The lowest BCUT2D eigenvalue weighted by Crippen LogP contribution is -2.22. The van der Waals surface area contributed by atoms with Crippen molar-refractivity contribution in [3.8, 4) is 11.8 Å². The first-order valence-electron chi connectivity index (χ1n) is 7.05. The van der Waals surface area contributed by atoms with E-state index >= 15 is 0 Å². The van der Waals surface area contributed by atoms with Crippen LogP contribution in [0, 0.1) is 23.7 Å². The van der Waals surface area contributed by atoms with Crippen molar-refractivity contribution in [3.63, 3.8) is 0 Å². The Labute approximate surface area is 109 Å². The van der Waals surface area contributed by atoms with Crippen LogP contribution < -0.4 is 0 Å². The number of hydrogen-bond acceptors (Lipinski definition) is 3. The van der Waals surface area contributed by atoms with Gasteiger partial charge in [0.15, 0.2) is 6.29 Å². The van der Waals surface area contributed by atoms with Crippen molar-refractivity contribution in [3.05, 3.63) is 0 Å². The van der Waals surface area contributed by atoms with Crippen molar-refractivity contribution >= 4 is 6.29 Å². The van der Waals surface area contributed by atoms with E-state index < -0.39 is 0 Å². The molecular weight excluding hydrogens is 228 g/mol. The second-order valence-corrected chi connectivity index (χ2v) is 5.19. The summed E-state index contributed by atoms with van der Waals surface area (Å²) in [6, 6.07) is 0. The second-order valence-electron chi connectivity index (χ2n) is 5.19. The topological polar surface area (TPSA) is 35.5 Å². The Kier molecular flexibility index (Phi) is 5.70. The van der Waals surface area contributed by atoms with E-state index in [0.717, 1.165) is 51.4 Å². The van der Waals surface area contributed by atoms with Crippen LogP contribution in [0.15, 0.2) is 0 Å². The average molecular weight is 250 g/mol. The molecule has 3 unspecified atom stereocenters. The molecule has 3 heteroatoms. The molecule has 0 bridgehead atoms. The predicted molar refractivity (Wildman–Crippen MR) is 68.8 cm³/mol. The molecule has 3 nitrogen and oxygen atoms in total. The van der Waals surface area contributed by atoms with Crippen molar-refractivity contribution in [2.24, 2.45) is 11.8 Å². The van der Waals surface area contributed by atoms with Crippen LogP contribution >= 0.6 is 0 Å². The van der Waals surface area contributed by atoms with Crippen molar-refractivity contribution in [2.45, 2.75) is 51.2 Å². The highest BCUT2D eigenvalue weighted by molar-refractivity contribution is 5.53. The van der Waals surface area contributed by atoms with Crippen LogP contribution in [-0.4, -0.2) is 25.8 Å². The number of hydrogen-bond donors (Lipinski definition) is 0. The molecule has 1 saturated heterocycles. The van der Waals surface area contributed by atoms with Crippen molar-refractivity contribution in [1.82, 2.24) is 0 Å². The molecule has 1 aliphatic carbocycles. The normalized spacial score (nSPS) is 32.3. The van der Waals surface area contributed by atoms with Gasteiger partial charge in [0.05, 0.1) is 0 Å². The van der Waals surface area contributed by atoms with Crippen LogP contribution in [-0.2, 0) is 14.3 Å². The molecule has 1 aliphatic heterocycles. The summed E-state index contributed by atoms with van der Waals surface area (Å²) in [4.78, 5) is 10.8. The first-order valence-corrected chi connectivity index (χ1v) is 7.05. The Hall–Kier alpha value is -0.850. The summed E-state index contributed by atoms with van der Waals surface area (Å²) in [5.74, 6) is 6.92. The van der Waals surface area contributed by atoms with E-state index in [1.54, 1.807) is 0 Å². The number of carbonyl (C=O) groups is 1. The maximum Gasteiger partial charge on any atom is 0.158 e. The highest BCUT2D eigenvalue weighted by Gasteiger charge is 2.19. The third-order valence-corrected chi connectivity index (χ3v) is 3.69. The van der Waals surface area contributed by atoms with E-state index in [2.05, 4.69) is 11.8 Å². The minimum absolute atomic E-state index is 0.0536. The first kappa shape index (κ1) is 13.6. The summed E-state index contributed by atoms with van der Waals surface area (Å²) >= 11 is 0.